The first-order valence-corrected chi connectivity index (χ1v) is 13.0. The third-order valence-corrected chi connectivity index (χ3v) is 8.31. The Morgan fingerprint density at radius 2 is 1.77 bits per heavy atom. The molecule has 0 radical (unpaired) electrons. The van der Waals surface area contributed by atoms with Crippen LogP contribution in [0.25, 0.3) is 6.08 Å². The Morgan fingerprint density at radius 1 is 1.00 bits per heavy atom. The molecule has 2 amide bonds. The van der Waals surface area contributed by atoms with Gasteiger partial charge in [-0.25, -0.2) is 0 Å². The Hall–Kier alpha value is -4.52. The van der Waals surface area contributed by atoms with Crippen LogP contribution in [0.1, 0.15) is 25.3 Å². The number of phenols is 1. The van der Waals surface area contributed by atoms with E-state index in [1.54, 1.807) is 43.3 Å². The monoisotopic (exact) mass is 521 g/mol. The topological polar surface area (TPSA) is 101 Å². The average molecular weight is 522 g/mol. The molecule has 7 heteroatoms. The van der Waals surface area contributed by atoms with E-state index in [1.807, 2.05) is 24.3 Å². The number of aromatic hydroxyl groups is 1. The number of Topliss-reactive ketones (excluding diaryl/α,β-unsaturated/α-hetero) is 1. The van der Waals surface area contributed by atoms with E-state index in [4.69, 9.17) is 4.74 Å². The normalized spacial score (nSPS) is 26.4. The Kier molecular flexibility index (Phi) is 5.94. The Balaban J connectivity index is 1.43. The largest absolute Gasteiger partial charge is 0.504 e. The van der Waals surface area contributed by atoms with Crippen molar-refractivity contribution in [3.63, 3.8) is 0 Å². The summed E-state index contributed by atoms with van der Waals surface area (Å²) < 4.78 is 5.23. The summed E-state index contributed by atoms with van der Waals surface area (Å²) in [6.45, 7) is 1.64. The summed E-state index contributed by atoms with van der Waals surface area (Å²) in [7, 11) is 1.47. The van der Waals surface area contributed by atoms with Crippen LogP contribution in [0.5, 0.6) is 11.5 Å². The Bertz CT molecular complexity index is 1560. The summed E-state index contributed by atoms with van der Waals surface area (Å²) in [5.74, 6) is -2.56. The minimum absolute atomic E-state index is 0.0135. The molecule has 1 fully saturated rings. The fraction of sp³-hybridized carbons (Fsp3) is 0.250. The highest BCUT2D eigenvalue weighted by atomic mass is 16.5. The first kappa shape index (κ1) is 24.8. The van der Waals surface area contributed by atoms with Crippen LogP contribution in [0.3, 0.4) is 0 Å². The van der Waals surface area contributed by atoms with E-state index in [0.29, 0.717) is 34.6 Å². The molecule has 1 N–H and O–H groups in total. The molecular formula is C32H27NO6. The molecule has 4 atom stereocenters. The van der Waals surface area contributed by atoms with Crippen molar-refractivity contribution < 1.29 is 29.0 Å². The third kappa shape index (κ3) is 3.88. The van der Waals surface area contributed by atoms with Gasteiger partial charge in [0.25, 0.3) is 0 Å². The number of amides is 2. The van der Waals surface area contributed by atoms with Crippen LogP contribution < -0.4 is 9.64 Å². The van der Waals surface area contributed by atoms with E-state index in [-0.39, 0.29) is 41.5 Å². The van der Waals surface area contributed by atoms with Gasteiger partial charge >= 0.3 is 0 Å². The van der Waals surface area contributed by atoms with Crippen molar-refractivity contribution >= 4 is 35.1 Å². The molecule has 0 aromatic heterocycles. The lowest BCUT2D eigenvalue weighted by Crippen LogP contribution is -2.40. The van der Waals surface area contributed by atoms with Crippen molar-refractivity contribution in [1.82, 2.24) is 0 Å². The zero-order valence-corrected chi connectivity index (χ0v) is 21.6. The number of hydrogen-bond donors (Lipinski definition) is 1. The van der Waals surface area contributed by atoms with Crippen molar-refractivity contribution in [2.75, 3.05) is 12.0 Å². The third-order valence-electron chi connectivity index (χ3n) is 8.31. The predicted octanol–water partition coefficient (Wildman–Crippen LogP) is 4.58. The minimum atomic E-state index is -0.605. The SMILES string of the molecule is COc1cc(C=CC2C3=CCC4C(=O)N(c5ccccc5)C(=O)C4C3CC3=C2C(=O)C(C)=CC3=O)ccc1O. The molecule has 4 aliphatic rings. The maximum Gasteiger partial charge on any atom is 0.238 e. The van der Waals surface area contributed by atoms with Gasteiger partial charge in [-0.3, -0.25) is 24.1 Å². The van der Waals surface area contributed by atoms with Gasteiger partial charge in [-0.2, -0.15) is 0 Å². The van der Waals surface area contributed by atoms with Crippen molar-refractivity contribution in [3.05, 3.63) is 94.6 Å². The molecule has 3 aliphatic carbocycles. The van der Waals surface area contributed by atoms with Crippen LogP contribution in [-0.4, -0.2) is 35.6 Å². The summed E-state index contributed by atoms with van der Waals surface area (Å²) in [6, 6.07) is 13.8. The van der Waals surface area contributed by atoms with E-state index in [9.17, 15) is 24.3 Å². The van der Waals surface area contributed by atoms with Gasteiger partial charge < -0.3 is 9.84 Å². The average Bonchev–Trinajstić information content (AvgIpc) is 3.20. The standard InChI is InChI=1S/C32H27NO6/c1-17-14-26(35)24-16-23-20(11-12-22-29(23)32(38)33(31(22)37)19-6-4-3-5-7-19)21(28(24)30(17)36)10-8-18-9-13-25(34)27(15-18)39-2/h3-11,13-15,21-23,29,34H,12,16H2,1-2H3. The van der Waals surface area contributed by atoms with Gasteiger partial charge in [0.1, 0.15) is 0 Å². The van der Waals surface area contributed by atoms with Crippen LogP contribution in [0.4, 0.5) is 5.69 Å². The van der Waals surface area contributed by atoms with Gasteiger partial charge in [-0.05, 0) is 61.6 Å². The number of para-hydroxylation sites is 1. The molecule has 0 saturated carbocycles. The number of hydrogen-bond acceptors (Lipinski definition) is 6. The second kappa shape index (κ2) is 9.34. The number of anilines is 1. The van der Waals surface area contributed by atoms with Crippen molar-refractivity contribution in [2.45, 2.75) is 19.8 Å². The molecule has 2 aromatic rings. The quantitative estimate of drug-likeness (QED) is 0.359. The fourth-order valence-electron chi connectivity index (χ4n) is 6.48. The molecule has 39 heavy (non-hydrogen) atoms. The number of benzene rings is 2. The van der Waals surface area contributed by atoms with E-state index in [1.165, 1.54) is 24.2 Å². The van der Waals surface area contributed by atoms with Crippen LogP contribution in [-0.2, 0) is 19.2 Å². The van der Waals surface area contributed by atoms with E-state index in [0.717, 1.165) is 11.1 Å². The number of carbonyl (C=O) groups excluding carboxylic acids is 4. The summed E-state index contributed by atoms with van der Waals surface area (Å²) >= 11 is 0. The lowest BCUT2D eigenvalue weighted by Gasteiger charge is -2.41. The fourth-order valence-corrected chi connectivity index (χ4v) is 6.48. The second-order valence-electron chi connectivity index (χ2n) is 10.4. The van der Waals surface area contributed by atoms with Crippen LogP contribution in [0.15, 0.2) is 89.1 Å². The van der Waals surface area contributed by atoms with Crippen molar-refractivity contribution in [3.8, 4) is 11.5 Å². The molecule has 0 bridgehead atoms. The number of allylic oxidation sites excluding steroid dienone is 7. The molecule has 196 valence electrons. The van der Waals surface area contributed by atoms with Crippen LogP contribution >= 0.6 is 0 Å². The number of ketones is 2. The van der Waals surface area contributed by atoms with Gasteiger partial charge in [-0.1, -0.05) is 48.1 Å². The number of imide groups is 1. The second-order valence-corrected chi connectivity index (χ2v) is 10.4. The van der Waals surface area contributed by atoms with Crippen LogP contribution in [0, 0.1) is 23.7 Å². The maximum absolute atomic E-state index is 13.8. The molecular weight excluding hydrogens is 494 g/mol. The van der Waals surface area contributed by atoms with Gasteiger partial charge in [0.15, 0.2) is 23.1 Å². The highest BCUT2D eigenvalue weighted by Gasteiger charge is 2.56. The summed E-state index contributed by atoms with van der Waals surface area (Å²) in [6.07, 6.45) is 7.71. The summed E-state index contributed by atoms with van der Waals surface area (Å²) in [4.78, 5) is 55.1. The van der Waals surface area contributed by atoms with Gasteiger partial charge in [0, 0.05) is 22.6 Å². The predicted molar refractivity (Wildman–Crippen MR) is 145 cm³/mol. The number of methoxy groups -OCH3 is 1. The molecule has 1 heterocycles. The first-order chi connectivity index (χ1) is 18.8. The number of nitrogens with zero attached hydrogens (tertiary/aromatic N) is 1. The minimum Gasteiger partial charge on any atom is -0.504 e. The molecule has 7 nitrogen and oxygen atoms in total. The Morgan fingerprint density at radius 3 is 2.51 bits per heavy atom. The number of phenolic OH excluding ortho intramolecular Hbond substituents is 1. The molecule has 1 aliphatic heterocycles. The highest BCUT2D eigenvalue weighted by molar-refractivity contribution is 6.24. The van der Waals surface area contributed by atoms with E-state index >= 15 is 0 Å². The summed E-state index contributed by atoms with van der Waals surface area (Å²) in [5, 5.41) is 9.97. The van der Waals surface area contributed by atoms with Crippen molar-refractivity contribution in [1.29, 1.82) is 0 Å². The molecule has 6 rings (SSSR count). The van der Waals surface area contributed by atoms with Crippen LogP contribution in [0.2, 0.25) is 0 Å². The zero-order valence-electron chi connectivity index (χ0n) is 21.6. The first-order valence-electron chi connectivity index (χ1n) is 13.0. The number of ether oxygens (including phenoxy) is 1. The molecule has 0 spiro atoms. The van der Waals surface area contributed by atoms with Gasteiger partial charge in [-0.15, -0.1) is 0 Å². The number of rotatable bonds is 4. The summed E-state index contributed by atoms with van der Waals surface area (Å²) in [5.41, 5.74) is 3.43. The maximum atomic E-state index is 13.8. The smallest absolute Gasteiger partial charge is 0.238 e. The van der Waals surface area contributed by atoms with Gasteiger partial charge in [0.05, 0.1) is 24.6 Å². The number of fused-ring (bicyclic) bond motifs is 3. The molecule has 2 aromatic carbocycles. The van der Waals surface area contributed by atoms with Gasteiger partial charge in [0.2, 0.25) is 11.8 Å². The molecule has 1 saturated heterocycles. The number of carbonyl (C=O) groups is 4. The Labute approximate surface area is 225 Å². The highest BCUT2D eigenvalue weighted by Crippen LogP contribution is 2.53. The molecule has 4 unspecified atom stereocenters. The lowest BCUT2D eigenvalue weighted by molar-refractivity contribution is -0.123. The van der Waals surface area contributed by atoms with E-state index in [2.05, 4.69) is 0 Å². The lowest BCUT2D eigenvalue weighted by atomic mass is 9.60. The van der Waals surface area contributed by atoms with Crippen molar-refractivity contribution in [2.24, 2.45) is 23.7 Å². The zero-order chi connectivity index (χ0) is 27.4. The van der Waals surface area contributed by atoms with E-state index < -0.39 is 17.8 Å².